The number of morpholine rings is 1. The van der Waals surface area contributed by atoms with E-state index in [1.807, 2.05) is 11.6 Å². The van der Waals surface area contributed by atoms with Crippen molar-refractivity contribution in [2.24, 2.45) is 5.92 Å². The first kappa shape index (κ1) is 20.0. The molecule has 0 aromatic carbocycles. The van der Waals surface area contributed by atoms with Crippen LogP contribution in [0.15, 0.2) is 11.6 Å². The summed E-state index contributed by atoms with van der Waals surface area (Å²) in [6, 6.07) is 0.247. The number of fused-ring (bicyclic) bond motifs is 1. The van der Waals surface area contributed by atoms with Crippen LogP contribution < -0.4 is 0 Å². The minimum Gasteiger partial charge on any atom is -0.475 e. The number of aliphatic carboxylic acids is 1. The van der Waals surface area contributed by atoms with Gasteiger partial charge in [-0.25, -0.2) is 9.78 Å². The normalized spacial score (nSPS) is 25.7. The van der Waals surface area contributed by atoms with E-state index in [-0.39, 0.29) is 24.7 Å². The topological polar surface area (TPSA) is 83.0 Å². The molecule has 0 spiro atoms. The summed E-state index contributed by atoms with van der Waals surface area (Å²) in [6.45, 7) is 3.91. The van der Waals surface area contributed by atoms with Gasteiger partial charge in [0.15, 0.2) is 0 Å². The number of rotatable bonds is 4. The van der Waals surface area contributed by atoms with Crippen LogP contribution in [0.2, 0.25) is 0 Å². The summed E-state index contributed by atoms with van der Waals surface area (Å²) in [6.07, 6.45) is -0.482. The molecule has 2 saturated heterocycles. The van der Waals surface area contributed by atoms with E-state index in [9.17, 15) is 18.0 Å². The summed E-state index contributed by atoms with van der Waals surface area (Å²) in [4.78, 5) is 29.8. The van der Waals surface area contributed by atoms with Crippen LogP contribution in [0.4, 0.5) is 13.2 Å². The Balaban J connectivity index is 0.000000260. The van der Waals surface area contributed by atoms with Crippen molar-refractivity contribution in [3.8, 4) is 0 Å². The molecule has 1 amide bonds. The molecule has 1 aromatic heterocycles. The van der Waals surface area contributed by atoms with E-state index in [1.54, 1.807) is 11.3 Å². The molecule has 2 atom stereocenters. The number of halogens is 3. The van der Waals surface area contributed by atoms with E-state index in [1.165, 1.54) is 12.8 Å². The number of aromatic nitrogens is 1. The number of hydrogen-bond acceptors (Lipinski definition) is 6. The van der Waals surface area contributed by atoms with Gasteiger partial charge in [-0.05, 0) is 18.8 Å². The second-order valence-electron chi connectivity index (χ2n) is 6.83. The van der Waals surface area contributed by atoms with Gasteiger partial charge in [-0.2, -0.15) is 13.2 Å². The Kier molecular flexibility index (Phi) is 6.02. The Morgan fingerprint density at radius 3 is 2.63 bits per heavy atom. The summed E-state index contributed by atoms with van der Waals surface area (Å²) in [7, 11) is 0. The third-order valence-electron chi connectivity index (χ3n) is 4.69. The summed E-state index contributed by atoms with van der Waals surface area (Å²) in [5, 5.41) is 10.3. The fourth-order valence-corrected chi connectivity index (χ4v) is 3.87. The number of hydrogen-bond donors (Lipinski definition) is 1. The molecule has 150 valence electrons. The molecular weight excluding hydrogens is 387 g/mol. The van der Waals surface area contributed by atoms with Gasteiger partial charge in [0.25, 0.3) is 0 Å². The molecule has 1 saturated carbocycles. The van der Waals surface area contributed by atoms with E-state index >= 15 is 0 Å². The predicted molar refractivity (Wildman–Crippen MR) is 89.0 cm³/mol. The average Bonchev–Trinajstić information content (AvgIpc) is 3.09. The highest BCUT2D eigenvalue weighted by molar-refractivity contribution is 7.09. The average molecular weight is 407 g/mol. The first-order valence-electron chi connectivity index (χ1n) is 8.56. The van der Waals surface area contributed by atoms with Crippen LogP contribution in [-0.2, 0) is 20.9 Å². The van der Waals surface area contributed by atoms with Gasteiger partial charge in [-0.3, -0.25) is 9.69 Å². The third kappa shape index (κ3) is 5.39. The predicted octanol–water partition coefficient (Wildman–Crippen LogP) is 1.60. The number of carbonyl (C=O) groups is 2. The fraction of sp³-hybridized carbons (Fsp3) is 0.688. The maximum absolute atomic E-state index is 12.1. The number of carboxylic acid groups (broad SMARTS) is 1. The molecule has 3 aliphatic rings. The number of ether oxygens (including phenoxy) is 1. The zero-order valence-electron chi connectivity index (χ0n) is 14.4. The highest BCUT2D eigenvalue weighted by atomic mass is 32.1. The van der Waals surface area contributed by atoms with Crippen LogP contribution in [0, 0.1) is 5.92 Å². The van der Waals surface area contributed by atoms with E-state index in [2.05, 4.69) is 14.8 Å². The molecule has 1 N–H and O–H groups in total. The standard InChI is InChI=1S/C14H19N3O2S.C2HF3O2/c18-14-9-19-12-7-16(8-13-15-3-4-20-13)6-11(12)17(14)5-10-1-2-10;3-2(4,5)1(6)7/h3-4,10-12H,1-2,5-9H2;(H,6,7)/t11-,12-;/m1./s1. The van der Waals surface area contributed by atoms with E-state index in [4.69, 9.17) is 14.6 Å². The number of carboxylic acids is 1. The van der Waals surface area contributed by atoms with Crippen LogP contribution in [0.3, 0.4) is 0 Å². The van der Waals surface area contributed by atoms with Gasteiger partial charge in [0.05, 0.1) is 18.7 Å². The fourth-order valence-electron chi connectivity index (χ4n) is 3.21. The lowest BCUT2D eigenvalue weighted by atomic mass is 10.1. The van der Waals surface area contributed by atoms with E-state index in [0.717, 1.165) is 37.1 Å². The number of amides is 1. The highest BCUT2D eigenvalue weighted by Gasteiger charge is 2.44. The first-order valence-corrected chi connectivity index (χ1v) is 9.44. The largest absolute Gasteiger partial charge is 0.490 e. The van der Waals surface area contributed by atoms with Crippen molar-refractivity contribution in [1.29, 1.82) is 0 Å². The summed E-state index contributed by atoms with van der Waals surface area (Å²) in [5.74, 6) is -1.84. The maximum atomic E-state index is 12.1. The van der Waals surface area contributed by atoms with E-state index < -0.39 is 12.1 Å². The molecule has 0 bridgehead atoms. The molecule has 0 unspecified atom stereocenters. The van der Waals surface area contributed by atoms with Crippen molar-refractivity contribution in [3.63, 3.8) is 0 Å². The first-order chi connectivity index (χ1) is 12.7. The number of likely N-dealkylation sites (tertiary alicyclic amines) is 1. The third-order valence-corrected chi connectivity index (χ3v) is 5.46. The number of thiazole rings is 1. The number of alkyl halides is 3. The van der Waals surface area contributed by atoms with Gasteiger partial charge in [0.1, 0.15) is 11.6 Å². The number of carbonyl (C=O) groups excluding carboxylic acids is 1. The van der Waals surface area contributed by atoms with Crippen LogP contribution in [0.5, 0.6) is 0 Å². The van der Waals surface area contributed by atoms with Crippen molar-refractivity contribution in [3.05, 3.63) is 16.6 Å². The van der Waals surface area contributed by atoms with Gasteiger partial charge in [0.2, 0.25) is 5.91 Å². The molecule has 2 aliphatic heterocycles. The van der Waals surface area contributed by atoms with Gasteiger partial charge in [-0.15, -0.1) is 11.3 Å². The lowest BCUT2D eigenvalue weighted by molar-refractivity contribution is -0.192. The van der Waals surface area contributed by atoms with Crippen molar-refractivity contribution in [2.45, 2.75) is 37.7 Å². The molecular formula is C16H20F3N3O4S. The Hall–Kier alpha value is -1.72. The summed E-state index contributed by atoms with van der Waals surface area (Å²) < 4.78 is 37.5. The molecule has 7 nitrogen and oxygen atoms in total. The molecule has 11 heteroatoms. The lowest BCUT2D eigenvalue weighted by Gasteiger charge is -2.36. The summed E-state index contributed by atoms with van der Waals surface area (Å²) in [5.41, 5.74) is 0. The SMILES string of the molecule is O=C(O)C(F)(F)F.O=C1CO[C@@H]2CN(Cc3nccs3)C[C@H]2N1CC1CC1. The Morgan fingerprint density at radius 2 is 2.07 bits per heavy atom. The van der Waals surface area contributed by atoms with Gasteiger partial charge >= 0.3 is 12.1 Å². The molecule has 3 fully saturated rings. The molecule has 1 aromatic rings. The van der Waals surface area contributed by atoms with Gasteiger partial charge in [0, 0.05) is 31.2 Å². The highest BCUT2D eigenvalue weighted by Crippen LogP contribution is 2.33. The van der Waals surface area contributed by atoms with Gasteiger partial charge < -0.3 is 14.7 Å². The summed E-state index contributed by atoms with van der Waals surface area (Å²) >= 11 is 1.69. The molecule has 1 aliphatic carbocycles. The van der Waals surface area contributed by atoms with Crippen molar-refractivity contribution < 1.29 is 32.6 Å². The Labute approximate surface area is 157 Å². The van der Waals surface area contributed by atoms with Gasteiger partial charge in [-0.1, -0.05) is 0 Å². The van der Waals surface area contributed by atoms with Crippen LogP contribution in [0.25, 0.3) is 0 Å². The number of nitrogens with zero attached hydrogens (tertiary/aromatic N) is 3. The maximum Gasteiger partial charge on any atom is 0.490 e. The Morgan fingerprint density at radius 1 is 1.37 bits per heavy atom. The van der Waals surface area contributed by atoms with Crippen molar-refractivity contribution in [1.82, 2.24) is 14.8 Å². The van der Waals surface area contributed by atoms with Crippen LogP contribution >= 0.6 is 11.3 Å². The van der Waals surface area contributed by atoms with Crippen molar-refractivity contribution >= 4 is 23.2 Å². The Bertz CT molecular complexity index is 666. The van der Waals surface area contributed by atoms with Crippen molar-refractivity contribution in [2.75, 3.05) is 26.2 Å². The van der Waals surface area contributed by atoms with Crippen LogP contribution in [-0.4, -0.2) is 76.3 Å². The molecule has 0 radical (unpaired) electrons. The minimum atomic E-state index is -5.08. The molecule has 27 heavy (non-hydrogen) atoms. The quantitative estimate of drug-likeness (QED) is 0.817. The van der Waals surface area contributed by atoms with Crippen LogP contribution in [0.1, 0.15) is 17.8 Å². The zero-order chi connectivity index (χ0) is 19.6. The smallest absolute Gasteiger partial charge is 0.475 e. The molecule has 3 heterocycles. The minimum absolute atomic E-state index is 0.175. The van der Waals surface area contributed by atoms with E-state index in [0.29, 0.717) is 0 Å². The second kappa shape index (κ2) is 8.11. The second-order valence-corrected chi connectivity index (χ2v) is 7.81. The monoisotopic (exact) mass is 407 g/mol. The lowest BCUT2D eigenvalue weighted by Crippen LogP contribution is -2.54. The zero-order valence-corrected chi connectivity index (χ0v) is 15.2. The molecule has 4 rings (SSSR count).